The second-order valence-corrected chi connectivity index (χ2v) is 3.97. The van der Waals surface area contributed by atoms with Gasteiger partial charge in [0, 0.05) is 18.3 Å². The van der Waals surface area contributed by atoms with Crippen molar-refractivity contribution in [2.45, 2.75) is 39.7 Å². The molecule has 0 aromatic carbocycles. The lowest BCUT2D eigenvalue weighted by molar-refractivity contribution is -0.156. The van der Waals surface area contributed by atoms with Crippen LogP contribution in [0.1, 0.15) is 38.7 Å². The molecule has 6 nitrogen and oxygen atoms in total. The summed E-state index contributed by atoms with van der Waals surface area (Å²) in [6.45, 7) is 6.59. The van der Waals surface area contributed by atoms with Gasteiger partial charge in [0.2, 0.25) is 0 Å². The Morgan fingerprint density at radius 1 is 1.21 bits per heavy atom. The Balaban J connectivity index is 2.93. The van der Waals surface area contributed by atoms with E-state index in [9.17, 15) is 9.59 Å². The van der Waals surface area contributed by atoms with Crippen LogP contribution in [-0.2, 0) is 25.6 Å². The molecule has 0 unspecified atom stereocenters. The normalized spacial score (nSPS) is 10.5. The highest BCUT2D eigenvalue weighted by Crippen LogP contribution is 2.19. The molecule has 0 aliphatic rings. The quantitative estimate of drug-likeness (QED) is 0.553. The summed E-state index contributed by atoms with van der Waals surface area (Å²) in [5.41, 5.74) is 0.505. The predicted molar refractivity (Wildman–Crippen MR) is 68.5 cm³/mol. The summed E-state index contributed by atoms with van der Waals surface area (Å²) in [4.78, 5) is 23.7. The Morgan fingerprint density at radius 2 is 1.79 bits per heavy atom. The average Bonchev–Trinajstić information content (AvgIpc) is 2.79. The van der Waals surface area contributed by atoms with Crippen LogP contribution in [0.3, 0.4) is 0 Å². The predicted octanol–water partition coefficient (Wildman–Crippen LogP) is 1.50. The van der Waals surface area contributed by atoms with E-state index in [0.29, 0.717) is 5.56 Å². The molecule has 0 N–H and O–H groups in total. The second kappa shape index (κ2) is 7.56. The van der Waals surface area contributed by atoms with Crippen LogP contribution >= 0.6 is 0 Å². The molecular weight excluding hydrogens is 248 g/mol. The van der Waals surface area contributed by atoms with Gasteiger partial charge in [0.1, 0.15) is 0 Å². The van der Waals surface area contributed by atoms with Crippen molar-refractivity contribution >= 4 is 11.9 Å². The van der Waals surface area contributed by atoms with Crippen molar-refractivity contribution in [3.05, 3.63) is 18.0 Å². The molecule has 0 atom stereocenters. The van der Waals surface area contributed by atoms with Gasteiger partial charge in [-0.1, -0.05) is 6.92 Å². The summed E-state index contributed by atoms with van der Waals surface area (Å²) < 4.78 is 11.5. The lowest BCUT2D eigenvalue weighted by Gasteiger charge is -2.12. The van der Waals surface area contributed by atoms with Crippen LogP contribution in [-0.4, -0.2) is 34.9 Å². The fourth-order valence-electron chi connectivity index (χ4n) is 1.70. The summed E-state index contributed by atoms with van der Waals surface area (Å²) >= 11 is 0. The van der Waals surface area contributed by atoms with E-state index in [-0.39, 0.29) is 13.2 Å². The SMILES string of the molecule is CCCn1cc(C(C(=O)OCC)C(=O)OCC)cn1. The summed E-state index contributed by atoms with van der Waals surface area (Å²) in [5, 5.41) is 4.11. The molecule has 19 heavy (non-hydrogen) atoms. The standard InChI is InChI=1S/C13H20N2O4/c1-4-7-15-9-10(8-14-15)11(12(16)18-5-2)13(17)19-6-3/h8-9,11H,4-7H2,1-3H3. The van der Waals surface area contributed by atoms with E-state index in [1.54, 1.807) is 24.7 Å². The van der Waals surface area contributed by atoms with Crippen LogP contribution in [0, 0.1) is 0 Å². The van der Waals surface area contributed by atoms with Gasteiger partial charge >= 0.3 is 11.9 Å². The zero-order valence-corrected chi connectivity index (χ0v) is 11.6. The van der Waals surface area contributed by atoms with Crippen LogP contribution in [0.2, 0.25) is 0 Å². The zero-order chi connectivity index (χ0) is 14.3. The van der Waals surface area contributed by atoms with E-state index in [2.05, 4.69) is 5.10 Å². The van der Waals surface area contributed by atoms with E-state index in [0.717, 1.165) is 13.0 Å². The molecule has 1 rings (SSSR count). The molecular formula is C13H20N2O4. The zero-order valence-electron chi connectivity index (χ0n) is 11.6. The van der Waals surface area contributed by atoms with Crippen LogP contribution < -0.4 is 0 Å². The van der Waals surface area contributed by atoms with Crippen molar-refractivity contribution in [2.75, 3.05) is 13.2 Å². The van der Waals surface area contributed by atoms with Gasteiger partial charge in [0.15, 0.2) is 5.92 Å². The molecule has 0 fully saturated rings. The van der Waals surface area contributed by atoms with Crippen LogP contribution in [0.4, 0.5) is 0 Å². The molecule has 0 amide bonds. The number of nitrogens with zero attached hydrogens (tertiary/aromatic N) is 2. The highest BCUT2D eigenvalue weighted by Gasteiger charge is 2.32. The number of carbonyl (C=O) groups is 2. The molecule has 1 aromatic heterocycles. The third-order valence-corrected chi connectivity index (χ3v) is 2.48. The lowest BCUT2D eigenvalue weighted by atomic mass is 10.0. The maximum atomic E-state index is 11.9. The molecule has 0 saturated heterocycles. The first-order chi connectivity index (χ1) is 9.13. The third kappa shape index (κ3) is 4.08. The number of rotatable bonds is 7. The molecule has 0 bridgehead atoms. The fraction of sp³-hybridized carbons (Fsp3) is 0.615. The first kappa shape index (κ1) is 15.2. The largest absolute Gasteiger partial charge is 0.465 e. The summed E-state index contributed by atoms with van der Waals surface area (Å²) in [6.07, 6.45) is 4.11. The highest BCUT2D eigenvalue weighted by molar-refractivity contribution is 6.00. The van der Waals surface area contributed by atoms with Crippen LogP contribution in [0.25, 0.3) is 0 Å². The second-order valence-electron chi connectivity index (χ2n) is 3.97. The van der Waals surface area contributed by atoms with Crippen molar-refractivity contribution < 1.29 is 19.1 Å². The Morgan fingerprint density at radius 3 is 2.26 bits per heavy atom. The van der Waals surface area contributed by atoms with Crippen molar-refractivity contribution in [3.8, 4) is 0 Å². The highest BCUT2D eigenvalue weighted by atomic mass is 16.6. The first-order valence-electron chi connectivity index (χ1n) is 6.49. The van der Waals surface area contributed by atoms with Gasteiger partial charge < -0.3 is 9.47 Å². The maximum Gasteiger partial charge on any atom is 0.325 e. The molecule has 0 spiro atoms. The molecule has 0 radical (unpaired) electrons. The Bertz CT molecular complexity index is 410. The van der Waals surface area contributed by atoms with Crippen LogP contribution in [0.15, 0.2) is 12.4 Å². The molecule has 0 saturated carbocycles. The van der Waals surface area contributed by atoms with E-state index in [4.69, 9.17) is 9.47 Å². The number of aryl methyl sites for hydroxylation is 1. The van der Waals surface area contributed by atoms with Gasteiger partial charge in [-0.3, -0.25) is 14.3 Å². The summed E-state index contributed by atoms with van der Waals surface area (Å²) in [7, 11) is 0. The Labute approximate surface area is 112 Å². The topological polar surface area (TPSA) is 70.4 Å². The monoisotopic (exact) mass is 268 g/mol. The van der Waals surface area contributed by atoms with Crippen LogP contribution in [0.5, 0.6) is 0 Å². The van der Waals surface area contributed by atoms with Crippen molar-refractivity contribution in [3.63, 3.8) is 0 Å². The number of carbonyl (C=O) groups excluding carboxylic acids is 2. The minimum atomic E-state index is -1.05. The third-order valence-electron chi connectivity index (χ3n) is 2.48. The minimum absolute atomic E-state index is 0.220. The van der Waals surface area contributed by atoms with E-state index in [1.807, 2.05) is 6.92 Å². The Hall–Kier alpha value is -1.85. The number of hydrogen-bond acceptors (Lipinski definition) is 5. The lowest BCUT2D eigenvalue weighted by Crippen LogP contribution is -2.25. The minimum Gasteiger partial charge on any atom is -0.465 e. The molecule has 0 aliphatic carbocycles. The first-order valence-corrected chi connectivity index (χ1v) is 6.49. The smallest absolute Gasteiger partial charge is 0.325 e. The van der Waals surface area contributed by atoms with Crippen molar-refractivity contribution in [1.82, 2.24) is 9.78 Å². The maximum absolute atomic E-state index is 11.9. The average molecular weight is 268 g/mol. The van der Waals surface area contributed by atoms with E-state index in [1.165, 1.54) is 6.20 Å². The van der Waals surface area contributed by atoms with Gasteiger partial charge in [0.05, 0.1) is 19.4 Å². The summed E-state index contributed by atoms with van der Waals surface area (Å²) in [6, 6.07) is 0. The van der Waals surface area contributed by atoms with Crippen molar-refractivity contribution in [1.29, 1.82) is 0 Å². The number of ether oxygens (including phenoxy) is 2. The van der Waals surface area contributed by atoms with Gasteiger partial charge in [0.25, 0.3) is 0 Å². The van der Waals surface area contributed by atoms with Crippen molar-refractivity contribution in [2.24, 2.45) is 0 Å². The summed E-state index contributed by atoms with van der Waals surface area (Å²) in [5.74, 6) is -2.25. The molecule has 106 valence electrons. The van der Waals surface area contributed by atoms with E-state index < -0.39 is 17.9 Å². The van der Waals surface area contributed by atoms with Gasteiger partial charge in [-0.2, -0.15) is 5.10 Å². The number of aromatic nitrogens is 2. The molecule has 1 aromatic rings. The van der Waals surface area contributed by atoms with Gasteiger partial charge in [-0.05, 0) is 20.3 Å². The fourth-order valence-corrected chi connectivity index (χ4v) is 1.70. The molecule has 6 heteroatoms. The molecule has 1 heterocycles. The van der Waals surface area contributed by atoms with Gasteiger partial charge in [-0.15, -0.1) is 0 Å². The van der Waals surface area contributed by atoms with Gasteiger partial charge in [-0.25, -0.2) is 0 Å². The van der Waals surface area contributed by atoms with E-state index >= 15 is 0 Å². The number of hydrogen-bond donors (Lipinski definition) is 0. The Kier molecular flexibility index (Phi) is 6.05. The molecule has 0 aliphatic heterocycles. The number of esters is 2.